The Morgan fingerprint density at radius 2 is 1.60 bits per heavy atom. The van der Waals surface area contributed by atoms with Gasteiger partial charge in [0.05, 0.1) is 23.4 Å². The molecule has 0 bridgehead atoms. The lowest BCUT2D eigenvalue weighted by molar-refractivity contribution is -0.131. The summed E-state index contributed by atoms with van der Waals surface area (Å²) in [6.45, 7) is 8.22. The Hall–Kier alpha value is -6.53. The minimum atomic E-state index is -0.481. The molecule has 0 unspecified atom stereocenters. The van der Waals surface area contributed by atoms with Gasteiger partial charge < -0.3 is 24.0 Å². The van der Waals surface area contributed by atoms with Gasteiger partial charge in [0, 0.05) is 86.8 Å². The van der Waals surface area contributed by atoms with Crippen molar-refractivity contribution in [3.63, 3.8) is 0 Å². The van der Waals surface area contributed by atoms with Crippen molar-refractivity contribution in [1.29, 1.82) is 0 Å². The molecule has 11 nitrogen and oxygen atoms in total. The minimum absolute atomic E-state index is 0.0616. The Morgan fingerprint density at radius 1 is 0.855 bits per heavy atom. The van der Waals surface area contributed by atoms with Crippen LogP contribution >= 0.6 is 0 Å². The maximum Gasteiger partial charge on any atom is 0.264 e. The Bertz CT molecular complexity index is 2670. The molecule has 6 aromatic rings. The summed E-state index contributed by atoms with van der Waals surface area (Å²) in [5, 5.41) is 4.55. The molecule has 0 saturated carbocycles. The van der Waals surface area contributed by atoms with Gasteiger partial charge in [-0.25, -0.2) is 4.39 Å². The molecule has 62 heavy (non-hydrogen) atoms. The van der Waals surface area contributed by atoms with Crippen LogP contribution in [0.2, 0.25) is 0 Å². The fourth-order valence-electron chi connectivity index (χ4n) is 8.74. The monoisotopic (exact) mass is 835 g/mol. The SMILES string of the molecule is Cc1nn(C)cc1N(C(=O)c1cc(-c2cc3c(cc2C(=O)N2Cc4ccccc4C[C@H]2C)CN(C(=O)Cc2ccc(OCCN(C)C)cc2F)CC3)n(C)c1C)c1ccccc1. The van der Waals surface area contributed by atoms with E-state index in [4.69, 9.17) is 4.74 Å². The summed E-state index contributed by atoms with van der Waals surface area (Å²) in [4.78, 5) is 51.1. The van der Waals surface area contributed by atoms with E-state index in [2.05, 4.69) is 30.2 Å². The van der Waals surface area contributed by atoms with Crippen molar-refractivity contribution >= 4 is 29.1 Å². The van der Waals surface area contributed by atoms with E-state index in [9.17, 15) is 9.59 Å². The lowest BCUT2D eigenvalue weighted by atomic mass is 9.89. The molecule has 0 saturated heterocycles. The highest BCUT2D eigenvalue weighted by molar-refractivity contribution is 6.13. The van der Waals surface area contributed by atoms with Crippen molar-refractivity contribution in [3.8, 4) is 17.0 Å². The van der Waals surface area contributed by atoms with Crippen molar-refractivity contribution in [3.05, 3.63) is 153 Å². The summed E-state index contributed by atoms with van der Waals surface area (Å²) < 4.78 is 24.7. The molecule has 3 amide bonds. The third-order valence-electron chi connectivity index (χ3n) is 12.4. The number of rotatable bonds is 11. The fourth-order valence-corrected chi connectivity index (χ4v) is 8.74. The van der Waals surface area contributed by atoms with E-state index in [0.717, 1.165) is 45.8 Å². The first-order valence-corrected chi connectivity index (χ1v) is 21.2. The number of carbonyl (C=O) groups excluding carboxylic acids is 3. The zero-order valence-electron chi connectivity index (χ0n) is 36.6. The summed E-state index contributed by atoms with van der Waals surface area (Å²) >= 11 is 0. The number of aryl methyl sites for hydroxylation is 2. The highest BCUT2D eigenvalue weighted by atomic mass is 19.1. The number of fused-ring (bicyclic) bond motifs is 2. The first-order chi connectivity index (χ1) is 29.8. The number of anilines is 2. The molecule has 0 aliphatic carbocycles. The van der Waals surface area contributed by atoms with E-state index < -0.39 is 5.82 Å². The van der Waals surface area contributed by atoms with Crippen molar-refractivity contribution in [2.45, 2.75) is 59.2 Å². The van der Waals surface area contributed by atoms with Crippen LogP contribution in [-0.2, 0) is 51.2 Å². The van der Waals surface area contributed by atoms with Gasteiger partial charge in [0.25, 0.3) is 11.8 Å². The molecule has 4 heterocycles. The largest absolute Gasteiger partial charge is 0.492 e. The van der Waals surface area contributed by atoms with E-state index in [1.165, 1.54) is 11.6 Å². The summed E-state index contributed by atoms with van der Waals surface area (Å²) in [5.74, 6) is -0.579. The number of halogens is 1. The second-order valence-electron chi connectivity index (χ2n) is 16.9. The average Bonchev–Trinajstić information content (AvgIpc) is 3.75. The molecule has 0 spiro atoms. The van der Waals surface area contributed by atoms with Crippen LogP contribution in [0.5, 0.6) is 5.75 Å². The predicted molar refractivity (Wildman–Crippen MR) is 239 cm³/mol. The van der Waals surface area contributed by atoms with Gasteiger partial charge in [-0.3, -0.25) is 24.0 Å². The summed E-state index contributed by atoms with van der Waals surface area (Å²) in [6.07, 6.45) is 3.04. The lowest BCUT2D eigenvalue weighted by Crippen LogP contribution is -2.43. The van der Waals surface area contributed by atoms with Gasteiger partial charge in [0.1, 0.15) is 18.2 Å². The van der Waals surface area contributed by atoms with Crippen LogP contribution in [-0.4, -0.2) is 86.6 Å². The van der Waals surface area contributed by atoms with E-state index in [1.807, 2.05) is 117 Å². The van der Waals surface area contributed by atoms with Crippen LogP contribution in [0.15, 0.2) is 97.2 Å². The van der Waals surface area contributed by atoms with E-state index in [0.29, 0.717) is 66.5 Å². The van der Waals surface area contributed by atoms with E-state index in [-0.39, 0.29) is 36.7 Å². The van der Waals surface area contributed by atoms with Gasteiger partial charge in [-0.05, 0) is 112 Å². The molecule has 2 aliphatic heterocycles. The lowest BCUT2D eigenvalue weighted by Gasteiger charge is -2.36. The Kier molecular flexibility index (Phi) is 11.9. The molecule has 2 aliphatic rings. The van der Waals surface area contributed by atoms with Crippen LogP contribution in [0.25, 0.3) is 11.3 Å². The van der Waals surface area contributed by atoms with Gasteiger partial charge in [0.15, 0.2) is 0 Å². The number of para-hydroxylation sites is 1. The van der Waals surface area contributed by atoms with E-state index in [1.54, 1.807) is 26.6 Å². The molecule has 2 aromatic heterocycles. The van der Waals surface area contributed by atoms with Crippen molar-refractivity contribution in [2.24, 2.45) is 14.1 Å². The van der Waals surface area contributed by atoms with Crippen molar-refractivity contribution in [2.75, 3.05) is 38.7 Å². The number of nitrogens with zero attached hydrogens (tertiary/aromatic N) is 7. The first kappa shape index (κ1) is 42.2. The zero-order valence-corrected chi connectivity index (χ0v) is 36.6. The average molecular weight is 836 g/mol. The van der Waals surface area contributed by atoms with Crippen LogP contribution in [0.3, 0.4) is 0 Å². The highest BCUT2D eigenvalue weighted by Crippen LogP contribution is 2.37. The van der Waals surface area contributed by atoms with Gasteiger partial charge in [-0.15, -0.1) is 0 Å². The van der Waals surface area contributed by atoms with Gasteiger partial charge in [0.2, 0.25) is 5.91 Å². The van der Waals surface area contributed by atoms with E-state index >= 15 is 9.18 Å². The Labute approximate surface area is 362 Å². The Balaban J connectivity index is 1.14. The fraction of sp³-hybridized carbons (Fsp3) is 0.320. The standard InChI is InChI=1S/C50H54FN7O4/c1-32-23-35-13-11-12-14-38(35)30-57(32)49(60)44-25-39-29-56(48(59)26-37-17-18-41(27-45(37)51)62-22-21-53(4)5)20-19-36(39)24-43(44)46-28-42(34(3)55(46)7)50(61)58(40-15-9-8-10-16-40)47-31-54(6)52-33(47)2/h8-18,24-25,27-28,31-32H,19-23,26,29-30H2,1-7H3/t32-/m1/s1. The van der Waals surface area contributed by atoms with Gasteiger partial charge >= 0.3 is 0 Å². The predicted octanol–water partition coefficient (Wildman–Crippen LogP) is 7.81. The molecular weight excluding hydrogens is 782 g/mol. The summed E-state index contributed by atoms with van der Waals surface area (Å²) in [6, 6.07) is 28.3. The number of hydrogen-bond donors (Lipinski definition) is 0. The number of aromatic nitrogens is 3. The molecule has 8 rings (SSSR count). The molecular formula is C50H54FN7O4. The smallest absolute Gasteiger partial charge is 0.264 e. The number of amides is 3. The molecule has 320 valence electrons. The van der Waals surface area contributed by atoms with Crippen LogP contribution in [0.4, 0.5) is 15.8 Å². The topological polar surface area (TPSA) is 96.2 Å². The number of likely N-dealkylation sites (N-methyl/N-ethyl adjacent to an activating group) is 1. The second kappa shape index (κ2) is 17.4. The summed E-state index contributed by atoms with van der Waals surface area (Å²) in [7, 11) is 7.65. The third-order valence-corrected chi connectivity index (χ3v) is 12.4. The molecule has 0 fully saturated rings. The molecule has 4 aromatic carbocycles. The molecule has 1 atom stereocenters. The van der Waals surface area contributed by atoms with Gasteiger partial charge in [-0.2, -0.15) is 5.10 Å². The normalized spacial score (nSPS) is 14.8. The van der Waals surface area contributed by atoms with Crippen molar-refractivity contribution in [1.82, 2.24) is 29.0 Å². The Morgan fingerprint density at radius 3 is 2.31 bits per heavy atom. The second-order valence-corrected chi connectivity index (χ2v) is 16.9. The molecule has 0 radical (unpaired) electrons. The number of hydrogen-bond acceptors (Lipinski definition) is 6. The third kappa shape index (κ3) is 8.39. The first-order valence-electron chi connectivity index (χ1n) is 21.2. The van der Waals surface area contributed by atoms with Crippen LogP contribution in [0, 0.1) is 19.7 Å². The van der Waals surface area contributed by atoms with Crippen LogP contribution in [0.1, 0.15) is 66.8 Å². The minimum Gasteiger partial charge on any atom is -0.492 e. The maximum absolute atomic E-state index is 15.3. The quantitative estimate of drug-likeness (QED) is 0.132. The van der Waals surface area contributed by atoms with Crippen LogP contribution < -0.4 is 9.64 Å². The molecule has 0 N–H and O–H groups in total. The van der Waals surface area contributed by atoms with Gasteiger partial charge in [-0.1, -0.05) is 48.5 Å². The molecule has 12 heteroatoms. The number of ether oxygens (including phenoxy) is 1. The zero-order chi connectivity index (χ0) is 43.8. The maximum atomic E-state index is 15.3. The van der Waals surface area contributed by atoms with Crippen molar-refractivity contribution < 1.29 is 23.5 Å². The number of benzene rings is 4. The highest BCUT2D eigenvalue weighted by Gasteiger charge is 2.33. The summed E-state index contributed by atoms with van der Waals surface area (Å²) in [5.41, 5.74) is 9.88. The number of carbonyl (C=O) groups is 3.